The third-order valence-corrected chi connectivity index (χ3v) is 2.46. The van der Waals surface area contributed by atoms with Gasteiger partial charge in [0.15, 0.2) is 5.78 Å². The summed E-state index contributed by atoms with van der Waals surface area (Å²) in [5, 5.41) is 2.86. The van der Waals surface area contributed by atoms with Crippen molar-refractivity contribution >= 4 is 11.7 Å². The molecule has 0 aromatic carbocycles. The third-order valence-electron chi connectivity index (χ3n) is 2.46. The van der Waals surface area contributed by atoms with Crippen LogP contribution in [0.25, 0.3) is 0 Å². The molecule has 0 amide bonds. The summed E-state index contributed by atoms with van der Waals surface area (Å²) in [7, 11) is 0. The molecule has 0 fully saturated rings. The van der Waals surface area contributed by atoms with Crippen LogP contribution in [0.1, 0.15) is 27.2 Å². The predicted molar refractivity (Wildman–Crippen MR) is 80.4 cm³/mol. The number of rotatable bonds is 11. The Morgan fingerprint density at radius 1 is 1.32 bits per heavy atom. The Kier molecular flexibility index (Phi) is 8.01. The van der Waals surface area contributed by atoms with E-state index in [2.05, 4.69) is 26.8 Å². The van der Waals surface area contributed by atoms with Gasteiger partial charge >= 0.3 is 6.01 Å². The molecule has 0 aliphatic carbocycles. The van der Waals surface area contributed by atoms with E-state index in [1.54, 1.807) is 6.92 Å². The van der Waals surface area contributed by atoms with Crippen molar-refractivity contribution in [1.29, 1.82) is 0 Å². The van der Waals surface area contributed by atoms with Gasteiger partial charge in [0, 0.05) is 13.0 Å². The highest BCUT2D eigenvalue weighted by Crippen LogP contribution is 2.07. The van der Waals surface area contributed by atoms with Crippen LogP contribution in [0.4, 0.5) is 5.95 Å². The normalized spacial score (nSPS) is 11.8. The molecule has 1 aromatic heterocycles. The van der Waals surface area contributed by atoms with E-state index in [1.807, 2.05) is 13.8 Å². The number of anilines is 1. The van der Waals surface area contributed by atoms with Crippen molar-refractivity contribution in [3.63, 3.8) is 0 Å². The van der Waals surface area contributed by atoms with Crippen LogP contribution < -0.4 is 10.1 Å². The van der Waals surface area contributed by atoms with E-state index in [9.17, 15) is 4.79 Å². The molecule has 1 unspecified atom stereocenters. The van der Waals surface area contributed by atoms with Crippen LogP contribution in [0.3, 0.4) is 0 Å². The Labute approximate surface area is 129 Å². The minimum atomic E-state index is -0.764. The molecule has 0 saturated heterocycles. The molecule has 1 rings (SSSR count). The fourth-order valence-corrected chi connectivity index (χ4v) is 1.41. The SMILES string of the molecule is C=C(C)C(=O)CCOC(Nc1ncnc(OCC)n1)OCC. The highest BCUT2D eigenvalue weighted by molar-refractivity contribution is 5.94. The van der Waals surface area contributed by atoms with Crippen molar-refractivity contribution in [2.45, 2.75) is 33.6 Å². The summed E-state index contributed by atoms with van der Waals surface area (Å²) >= 11 is 0. The first kappa shape index (κ1) is 18.0. The molecule has 0 aliphatic rings. The molecule has 1 atom stereocenters. The lowest BCUT2D eigenvalue weighted by molar-refractivity contribution is -0.130. The Morgan fingerprint density at radius 3 is 2.73 bits per heavy atom. The molecular formula is C14H22N4O4. The molecule has 8 nitrogen and oxygen atoms in total. The van der Waals surface area contributed by atoms with Gasteiger partial charge in [0.1, 0.15) is 6.33 Å². The van der Waals surface area contributed by atoms with Crippen LogP contribution in [0.2, 0.25) is 0 Å². The topological polar surface area (TPSA) is 95.5 Å². The van der Waals surface area contributed by atoms with Crippen molar-refractivity contribution in [1.82, 2.24) is 15.0 Å². The highest BCUT2D eigenvalue weighted by Gasteiger charge is 2.12. The second kappa shape index (κ2) is 9.80. The van der Waals surface area contributed by atoms with Gasteiger partial charge in [-0.2, -0.15) is 9.97 Å². The van der Waals surface area contributed by atoms with E-state index in [0.29, 0.717) is 18.8 Å². The van der Waals surface area contributed by atoms with E-state index >= 15 is 0 Å². The van der Waals surface area contributed by atoms with Crippen molar-refractivity contribution < 1.29 is 19.0 Å². The van der Waals surface area contributed by atoms with E-state index in [0.717, 1.165) is 0 Å². The average molecular weight is 310 g/mol. The van der Waals surface area contributed by atoms with Crippen LogP contribution in [0.15, 0.2) is 18.5 Å². The molecule has 0 spiro atoms. The number of ketones is 1. The van der Waals surface area contributed by atoms with Gasteiger partial charge < -0.3 is 19.5 Å². The maximum Gasteiger partial charge on any atom is 0.321 e. The molecule has 22 heavy (non-hydrogen) atoms. The maximum atomic E-state index is 11.5. The molecule has 1 aromatic rings. The molecule has 1 heterocycles. The number of carbonyl (C=O) groups excluding carboxylic acids is 1. The molecule has 0 aliphatic heterocycles. The monoisotopic (exact) mass is 310 g/mol. The number of carbonyl (C=O) groups is 1. The van der Waals surface area contributed by atoms with E-state index < -0.39 is 6.41 Å². The molecule has 8 heteroatoms. The van der Waals surface area contributed by atoms with Gasteiger partial charge in [-0.15, -0.1) is 0 Å². The summed E-state index contributed by atoms with van der Waals surface area (Å²) in [5.41, 5.74) is 0.503. The van der Waals surface area contributed by atoms with Crippen LogP contribution in [0, 0.1) is 0 Å². The van der Waals surface area contributed by atoms with E-state index in [4.69, 9.17) is 14.2 Å². The van der Waals surface area contributed by atoms with Gasteiger partial charge in [-0.25, -0.2) is 4.98 Å². The summed E-state index contributed by atoms with van der Waals surface area (Å²) in [6, 6.07) is 0.215. The molecule has 0 bridgehead atoms. The molecular weight excluding hydrogens is 288 g/mol. The molecule has 122 valence electrons. The molecule has 1 N–H and O–H groups in total. The largest absolute Gasteiger partial charge is 0.464 e. The number of nitrogens with zero attached hydrogens (tertiary/aromatic N) is 3. The van der Waals surface area contributed by atoms with Crippen molar-refractivity contribution in [3.05, 3.63) is 18.5 Å². The quantitative estimate of drug-likeness (QED) is 0.486. The van der Waals surface area contributed by atoms with Crippen LogP contribution in [-0.2, 0) is 14.3 Å². The lowest BCUT2D eigenvalue weighted by Crippen LogP contribution is -2.28. The minimum Gasteiger partial charge on any atom is -0.464 e. The van der Waals surface area contributed by atoms with Gasteiger partial charge in [0.2, 0.25) is 12.4 Å². The van der Waals surface area contributed by atoms with Gasteiger partial charge in [0.25, 0.3) is 0 Å². The minimum absolute atomic E-state index is 0.0472. The number of hydrogen-bond acceptors (Lipinski definition) is 8. The first-order valence-corrected chi connectivity index (χ1v) is 7.07. The first-order valence-electron chi connectivity index (χ1n) is 7.07. The Hall–Kier alpha value is -2.06. The number of aromatic nitrogens is 3. The number of allylic oxidation sites excluding steroid dienone is 1. The Balaban J connectivity index is 2.54. The van der Waals surface area contributed by atoms with Crippen LogP contribution >= 0.6 is 0 Å². The first-order chi connectivity index (χ1) is 10.6. The van der Waals surface area contributed by atoms with Crippen molar-refractivity contribution in [3.8, 4) is 6.01 Å². The lowest BCUT2D eigenvalue weighted by Gasteiger charge is -2.18. The van der Waals surface area contributed by atoms with E-state index in [-0.39, 0.29) is 30.8 Å². The number of ether oxygens (including phenoxy) is 3. The number of Topliss-reactive ketones (excluding diaryl/α,β-unsaturated/α-hetero) is 1. The predicted octanol–water partition coefficient (Wildman–Crippen LogP) is 1.55. The zero-order valence-corrected chi connectivity index (χ0v) is 13.2. The van der Waals surface area contributed by atoms with Crippen molar-refractivity contribution in [2.24, 2.45) is 0 Å². The average Bonchev–Trinajstić information content (AvgIpc) is 2.48. The Bertz CT molecular complexity index is 495. The maximum absolute atomic E-state index is 11.5. The smallest absolute Gasteiger partial charge is 0.321 e. The fraction of sp³-hybridized carbons (Fsp3) is 0.571. The van der Waals surface area contributed by atoms with Gasteiger partial charge in [-0.1, -0.05) is 6.58 Å². The summed E-state index contributed by atoms with van der Waals surface area (Å²) < 4.78 is 16.0. The Morgan fingerprint density at radius 2 is 2.09 bits per heavy atom. The second-order valence-corrected chi connectivity index (χ2v) is 4.28. The molecule has 0 radical (unpaired) electrons. The number of hydrogen-bond donors (Lipinski definition) is 1. The summed E-state index contributed by atoms with van der Waals surface area (Å²) in [4.78, 5) is 23.4. The highest BCUT2D eigenvalue weighted by atomic mass is 16.7. The summed E-state index contributed by atoms with van der Waals surface area (Å²) in [5.74, 6) is 0.220. The zero-order valence-electron chi connectivity index (χ0n) is 13.2. The van der Waals surface area contributed by atoms with Gasteiger partial charge in [-0.3, -0.25) is 4.79 Å². The van der Waals surface area contributed by atoms with E-state index in [1.165, 1.54) is 6.33 Å². The van der Waals surface area contributed by atoms with Gasteiger partial charge in [0.05, 0.1) is 13.2 Å². The third kappa shape index (κ3) is 6.59. The standard InChI is InChI=1S/C14H22N4O4/c1-5-20-13-16-9-15-12(17-13)18-14(21-6-2)22-8-7-11(19)10(3)4/h9,14H,3,5-8H2,1-2,4H3,(H,15,16,17,18). The van der Waals surface area contributed by atoms with Crippen LogP contribution in [-0.4, -0.2) is 47.0 Å². The fourth-order valence-electron chi connectivity index (χ4n) is 1.41. The summed E-state index contributed by atoms with van der Waals surface area (Å²) in [6.45, 7) is 10.0. The molecule has 0 saturated carbocycles. The lowest BCUT2D eigenvalue weighted by atomic mass is 10.2. The van der Waals surface area contributed by atoms with Gasteiger partial charge in [-0.05, 0) is 26.3 Å². The number of nitrogens with one attached hydrogen (secondary N) is 1. The van der Waals surface area contributed by atoms with Crippen molar-refractivity contribution in [2.75, 3.05) is 25.1 Å². The second-order valence-electron chi connectivity index (χ2n) is 4.28. The summed E-state index contributed by atoms with van der Waals surface area (Å²) in [6.07, 6.45) is 0.801. The zero-order chi connectivity index (χ0) is 16.4. The van der Waals surface area contributed by atoms with Crippen LogP contribution in [0.5, 0.6) is 6.01 Å².